The number of para-hydroxylation sites is 1. The lowest BCUT2D eigenvalue weighted by molar-refractivity contribution is -0.144. The minimum Gasteiger partial charge on any atom is -0.328 e. The van der Waals surface area contributed by atoms with Crippen LogP contribution >= 0.6 is 0 Å². The zero-order valence-corrected chi connectivity index (χ0v) is 14.5. The molecule has 0 aliphatic carbocycles. The van der Waals surface area contributed by atoms with E-state index in [0.29, 0.717) is 12.2 Å². The normalized spacial score (nSPS) is 10.5. The van der Waals surface area contributed by atoms with Crippen LogP contribution < -0.4 is 5.32 Å². The Balaban J connectivity index is 2.13. The maximum atomic E-state index is 12.6. The maximum Gasteiger partial charge on any atom is 0.313 e. The first kappa shape index (κ1) is 17.7. The van der Waals surface area contributed by atoms with E-state index in [2.05, 4.69) is 5.32 Å². The summed E-state index contributed by atoms with van der Waals surface area (Å²) in [4.78, 5) is 26.6. The van der Waals surface area contributed by atoms with Crippen LogP contribution in [0.3, 0.4) is 0 Å². The zero-order chi connectivity index (χ0) is 17.5. The molecule has 4 nitrogen and oxygen atoms in total. The largest absolute Gasteiger partial charge is 0.328 e. The molecule has 2 amide bonds. The van der Waals surface area contributed by atoms with E-state index in [1.165, 1.54) is 0 Å². The molecular formula is C20H24N2O2. The van der Waals surface area contributed by atoms with Crippen LogP contribution in [0.1, 0.15) is 31.9 Å². The van der Waals surface area contributed by atoms with Gasteiger partial charge in [0.25, 0.3) is 0 Å². The van der Waals surface area contributed by atoms with Gasteiger partial charge in [-0.3, -0.25) is 9.59 Å². The van der Waals surface area contributed by atoms with Gasteiger partial charge in [-0.1, -0.05) is 55.5 Å². The number of rotatable bonds is 5. The van der Waals surface area contributed by atoms with E-state index in [1.54, 1.807) is 4.90 Å². The highest BCUT2D eigenvalue weighted by atomic mass is 16.2. The molecule has 2 aromatic carbocycles. The average Bonchev–Trinajstić information content (AvgIpc) is 2.60. The zero-order valence-electron chi connectivity index (χ0n) is 14.5. The van der Waals surface area contributed by atoms with Crippen molar-refractivity contribution in [2.75, 3.05) is 5.32 Å². The molecule has 0 radical (unpaired) electrons. The van der Waals surface area contributed by atoms with Crippen molar-refractivity contribution in [1.29, 1.82) is 0 Å². The number of aryl methyl sites for hydroxylation is 1. The number of carbonyl (C=O) groups is 2. The van der Waals surface area contributed by atoms with Gasteiger partial charge < -0.3 is 10.2 Å². The topological polar surface area (TPSA) is 49.4 Å². The van der Waals surface area contributed by atoms with Gasteiger partial charge in [-0.05, 0) is 37.5 Å². The molecule has 0 aromatic heterocycles. The van der Waals surface area contributed by atoms with Gasteiger partial charge >= 0.3 is 11.8 Å². The maximum absolute atomic E-state index is 12.6. The summed E-state index contributed by atoms with van der Waals surface area (Å²) in [5.74, 6) is -1.11. The molecule has 0 aliphatic rings. The van der Waals surface area contributed by atoms with E-state index in [-0.39, 0.29) is 6.04 Å². The molecular weight excluding hydrogens is 300 g/mol. The van der Waals surface area contributed by atoms with Crippen molar-refractivity contribution < 1.29 is 9.59 Å². The number of hydrogen-bond donors (Lipinski definition) is 1. The molecule has 2 rings (SSSR count). The van der Waals surface area contributed by atoms with E-state index in [1.807, 2.05) is 75.4 Å². The van der Waals surface area contributed by atoms with E-state index in [4.69, 9.17) is 0 Å². The predicted molar refractivity (Wildman–Crippen MR) is 96.6 cm³/mol. The van der Waals surface area contributed by atoms with Crippen molar-refractivity contribution in [2.45, 2.75) is 39.8 Å². The Bertz CT molecular complexity index is 696. The Hall–Kier alpha value is -2.62. The number of anilines is 1. The number of nitrogens with zero attached hydrogens (tertiary/aromatic N) is 1. The fourth-order valence-electron chi connectivity index (χ4n) is 2.53. The van der Waals surface area contributed by atoms with Gasteiger partial charge in [-0.2, -0.15) is 0 Å². The fraction of sp³-hybridized carbons (Fsp3) is 0.300. The van der Waals surface area contributed by atoms with Crippen LogP contribution in [0.15, 0.2) is 54.6 Å². The van der Waals surface area contributed by atoms with Crippen molar-refractivity contribution in [1.82, 2.24) is 4.90 Å². The molecule has 0 spiro atoms. The SMILES string of the molecule is CCc1ccccc1NC(=O)C(=O)N(Cc1ccccc1)C(C)C. The Morgan fingerprint density at radius 3 is 2.25 bits per heavy atom. The number of amides is 2. The van der Waals surface area contributed by atoms with Crippen molar-refractivity contribution in [3.8, 4) is 0 Å². The summed E-state index contributed by atoms with van der Waals surface area (Å²) in [5, 5.41) is 2.75. The molecule has 0 saturated heterocycles. The van der Waals surface area contributed by atoms with Crippen LogP contribution in [0.25, 0.3) is 0 Å². The summed E-state index contributed by atoms with van der Waals surface area (Å²) in [6.07, 6.45) is 0.794. The molecule has 0 unspecified atom stereocenters. The molecule has 0 aliphatic heterocycles. The van der Waals surface area contributed by atoms with Gasteiger partial charge in [0.2, 0.25) is 0 Å². The summed E-state index contributed by atoms with van der Waals surface area (Å²) < 4.78 is 0. The van der Waals surface area contributed by atoms with Gasteiger partial charge in [0.1, 0.15) is 0 Å². The van der Waals surface area contributed by atoms with Gasteiger partial charge in [-0.25, -0.2) is 0 Å². The third kappa shape index (κ3) is 4.44. The molecule has 1 N–H and O–H groups in total. The molecule has 24 heavy (non-hydrogen) atoms. The Morgan fingerprint density at radius 2 is 1.62 bits per heavy atom. The van der Waals surface area contributed by atoms with E-state index in [0.717, 1.165) is 17.5 Å². The Kier molecular flexibility index (Phi) is 6.13. The van der Waals surface area contributed by atoms with E-state index < -0.39 is 11.8 Å². The molecule has 126 valence electrons. The monoisotopic (exact) mass is 324 g/mol. The molecule has 0 bridgehead atoms. The van der Waals surface area contributed by atoms with Crippen molar-refractivity contribution in [3.05, 3.63) is 65.7 Å². The van der Waals surface area contributed by atoms with Gasteiger partial charge in [0.15, 0.2) is 0 Å². The number of benzene rings is 2. The first-order chi connectivity index (χ1) is 11.5. The molecule has 4 heteroatoms. The smallest absolute Gasteiger partial charge is 0.313 e. The lowest BCUT2D eigenvalue weighted by Crippen LogP contribution is -2.43. The average molecular weight is 324 g/mol. The minimum absolute atomic E-state index is 0.0649. The number of hydrogen-bond acceptors (Lipinski definition) is 2. The van der Waals surface area contributed by atoms with Gasteiger partial charge in [0.05, 0.1) is 0 Å². The second-order valence-corrected chi connectivity index (χ2v) is 5.98. The second-order valence-electron chi connectivity index (χ2n) is 5.98. The first-order valence-corrected chi connectivity index (χ1v) is 8.26. The molecule has 0 atom stereocenters. The lowest BCUT2D eigenvalue weighted by Gasteiger charge is -2.26. The highest BCUT2D eigenvalue weighted by molar-refractivity contribution is 6.39. The van der Waals surface area contributed by atoms with Gasteiger partial charge in [0, 0.05) is 18.3 Å². The van der Waals surface area contributed by atoms with Crippen LogP contribution in [-0.4, -0.2) is 22.8 Å². The quantitative estimate of drug-likeness (QED) is 0.854. The van der Waals surface area contributed by atoms with Crippen LogP contribution in [-0.2, 0) is 22.6 Å². The van der Waals surface area contributed by atoms with Gasteiger partial charge in [-0.15, -0.1) is 0 Å². The summed E-state index contributed by atoms with van der Waals surface area (Å²) in [5.41, 5.74) is 2.71. The van der Waals surface area contributed by atoms with Crippen LogP contribution in [0.4, 0.5) is 5.69 Å². The minimum atomic E-state index is -0.597. The third-order valence-electron chi connectivity index (χ3n) is 3.92. The van der Waals surface area contributed by atoms with Crippen LogP contribution in [0, 0.1) is 0 Å². The molecule has 0 fully saturated rings. The van der Waals surface area contributed by atoms with Crippen molar-refractivity contribution in [3.63, 3.8) is 0 Å². The fourth-order valence-corrected chi connectivity index (χ4v) is 2.53. The standard InChI is InChI=1S/C20H24N2O2/c1-4-17-12-8-9-13-18(17)21-19(23)20(24)22(15(2)3)14-16-10-6-5-7-11-16/h5-13,15H,4,14H2,1-3H3,(H,21,23). The number of carbonyl (C=O) groups excluding carboxylic acids is 2. The molecule has 0 saturated carbocycles. The molecule has 0 heterocycles. The Morgan fingerprint density at radius 1 is 1.00 bits per heavy atom. The predicted octanol–water partition coefficient (Wildman–Crippen LogP) is 3.62. The summed E-state index contributed by atoms with van der Waals surface area (Å²) in [6, 6.07) is 17.2. The third-order valence-corrected chi connectivity index (χ3v) is 3.92. The second kappa shape index (κ2) is 8.29. The van der Waals surface area contributed by atoms with E-state index in [9.17, 15) is 9.59 Å². The summed E-state index contributed by atoms with van der Waals surface area (Å²) in [7, 11) is 0. The summed E-state index contributed by atoms with van der Waals surface area (Å²) in [6.45, 7) is 6.25. The summed E-state index contributed by atoms with van der Waals surface area (Å²) >= 11 is 0. The van der Waals surface area contributed by atoms with Crippen molar-refractivity contribution in [2.24, 2.45) is 0 Å². The highest BCUT2D eigenvalue weighted by Gasteiger charge is 2.24. The molecule has 2 aromatic rings. The van der Waals surface area contributed by atoms with Crippen molar-refractivity contribution >= 4 is 17.5 Å². The highest BCUT2D eigenvalue weighted by Crippen LogP contribution is 2.16. The Labute approximate surface area is 143 Å². The number of nitrogens with one attached hydrogen (secondary N) is 1. The van der Waals surface area contributed by atoms with E-state index >= 15 is 0 Å². The lowest BCUT2D eigenvalue weighted by atomic mass is 10.1. The first-order valence-electron chi connectivity index (χ1n) is 8.26. The van der Waals surface area contributed by atoms with Crippen LogP contribution in [0.2, 0.25) is 0 Å². The van der Waals surface area contributed by atoms with Crippen LogP contribution in [0.5, 0.6) is 0 Å².